The van der Waals surface area contributed by atoms with Crippen LogP contribution in [-0.4, -0.2) is 43.8 Å². The fraction of sp³-hybridized carbons (Fsp3) is 0.375. The molecular formula is C24H24FNO4. The normalized spacial score (nSPS) is 26.9. The molecule has 5 rings (SSSR count). The number of ether oxygens (including phenoxy) is 3. The molecule has 2 heterocycles. The molecule has 0 radical (unpaired) electrons. The molecule has 0 fully saturated rings. The summed E-state index contributed by atoms with van der Waals surface area (Å²) in [7, 11) is 3.78. The number of rotatable bonds is 3. The number of methoxy groups -OCH3 is 1. The van der Waals surface area contributed by atoms with Gasteiger partial charge in [-0.05, 0) is 62.0 Å². The number of carbonyl (C=O) groups is 1. The van der Waals surface area contributed by atoms with E-state index >= 15 is 0 Å². The molecule has 2 aliphatic heterocycles. The van der Waals surface area contributed by atoms with Gasteiger partial charge in [0.1, 0.15) is 18.0 Å². The van der Waals surface area contributed by atoms with Crippen molar-refractivity contribution in [2.45, 2.75) is 37.0 Å². The van der Waals surface area contributed by atoms with Gasteiger partial charge < -0.3 is 19.1 Å². The smallest absolute Gasteiger partial charge is 0.338 e. The number of halogens is 1. The van der Waals surface area contributed by atoms with Crippen molar-refractivity contribution < 1.29 is 23.4 Å². The predicted octanol–water partition coefficient (Wildman–Crippen LogP) is 3.85. The van der Waals surface area contributed by atoms with E-state index in [4.69, 9.17) is 14.2 Å². The molecular weight excluding hydrogens is 385 g/mol. The van der Waals surface area contributed by atoms with Gasteiger partial charge >= 0.3 is 5.97 Å². The second-order valence-corrected chi connectivity index (χ2v) is 8.31. The first-order valence-corrected chi connectivity index (χ1v) is 10.2. The average molecular weight is 409 g/mol. The Morgan fingerprint density at radius 2 is 2.03 bits per heavy atom. The summed E-state index contributed by atoms with van der Waals surface area (Å²) in [6.07, 6.45) is 5.09. The minimum Gasteiger partial charge on any atom is -0.493 e. The molecule has 1 unspecified atom stereocenters. The Bertz CT molecular complexity index is 1020. The van der Waals surface area contributed by atoms with E-state index in [1.54, 1.807) is 7.11 Å². The third-order valence-corrected chi connectivity index (χ3v) is 6.47. The first-order valence-electron chi connectivity index (χ1n) is 10.2. The lowest BCUT2D eigenvalue weighted by Crippen LogP contribution is -2.43. The predicted molar refractivity (Wildman–Crippen MR) is 109 cm³/mol. The molecule has 0 saturated carbocycles. The lowest BCUT2D eigenvalue weighted by atomic mass is 9.69. The SMILES string of the molecule is COc1ccc2c3c1OC1C[C@@H](OC(=O)c4ccc(F)cc4)C=C[C@@]31CCN(C)C2. The molecule has 1 aliphatic carbocycles. The zero-order chi connectivity index (χ0) is 20.9. The molecule has 0 amide bonds. The van der Waals surface area contributed by atoms with Gasteiger partial charge in [-0.2, -0.15) is 0 Å². The molecule has 6 heteroatoms. The number of carbonyl (C=O) groups excluding carboxylic acids is 1. The Morgan fingerprint density at radius 3 is 2.80 bits per heavy atom. The molecule has 2 aromatic rings. The fourth-order valence-corrected chi connectivity index (χ4v) is 4.94. The van der Waals surface area contributed by atoms with Gasteiger partial charge in [0.25, 0.3) is 0 Å². The third kappa shape index (κ3) is 2.98. The van der Waals surface area contributed by atoms with Crippen LogP contribution in [0.3, 0.4) is 0 Å². The summed E-state index contributed by atoms with van der Waals surface area (Å²) in [4.78, 5) is 14.8. The Morgan fingerprint density at radius 1 is 1.23 bits per heavy atom. The monoisotopic (exact) mass is 409 g/mol. The minimum atomic E-state index is -0.463. The van der Waals surface area contributed by atoms with E-state index in [-0.39, 0.29) is 17.3 Å². The number of nitrogens with zero attached hydrogens (tertiary/aromatic N) is 1. The van der Waals surface area contributed by atoms with Gasteiger partial charge in [0.15, 0.2) is 11.5 Å². The zero-order valence-electron chi connectivity index (χ0n) is 17.1. The molecule has 0 N–H and O–H groups in total. The summed E-state index contributed by atoms with van der Waals surface area (Å²) in [5, 5.41) is 0. The molecule has 1 spiro atoms. The Labute approximate surface area is 175 Å². The summed E-state index contributed by atoms with van der Waals surface area (Å²) < 4.78 is 30.9. The van der Waals surface area contributed by atoms with Gasteiger partial charge in [0.05, 0.1) is 18.1 Å². The van der Waals surface area contributed by atoms with E-state index in [9.17, 15) is 9.18 Å². The first-order chi connectivity index (χ1) is 14.5. The second kappa shape index (κ2) is 7.13. The molecule has 156 valence electrons. The van der Waals surface area contributed by atoms with E-state index in [0.717, 1.165) is 31.0 Å². The molecule has 3 atom stereocenters. The van der Waals surface area contributed by atoms with Crippen LogP contribution in [0.2, 0.25) is 0 Å². The lowest BCUT2D eigenvalue weighted by Gasteiger charge is -2.36. The van der Waals surface area contributed by atoms with Crippen molar-refractivity contribution in [1.29, 1.82) is 0 Å². The summed E-state index contributed by atoms with van der Waals surface area (Å²) in [6.45, 7) is 1.81. The topological polar surface area (TPSA) is 48.0 Å². The van der Waals surface area contributed by atoms with Crippen molar-refractivity contribution in [3.63, 3.8) is 0 Å². The van der Waals surface area contributed by atoms with Crippen LogP contribution in [0, 0.1) is 5.82 Å². The van der Waals surface area contributed by atoms with Crippen LogP contribution in [0.4, 0.5) is 4.39 Å². The standard InChI is InChI=1S/C24H24FNO4/c1-26-12-11-24-10-9-18(29-23(27)15-3-6-17(25)7-4-15)13-20(24)30-22-19(28-2)8-5-16(14-26)21(22)24/h3-10,18,20H,11-14H2,1-2H3/t18-,20?,24-/m0/s1. The van der Waals surface area contributed by atoms with Gasteiger partial charge in [0, 0.05) is 18.5 Å². The molecule has 2 aromatic carbocycles. The highest BCUT2D eigenvalue weighted by Gasteiger charge is 2.53. The molecule has 3 aliphatic rings. The summed E-state index contributed by atoms with van der Waals surface area (Å²) in [5.41, 5.74) is 2.54. The zero-order valence-corrected chi connectivity index (χ0v) is 17.1. The number of hydrogen-bond donors (Lipinski definition) is 0. The molecule has 0 aromatic heterocycles. The highest BCUT2D eigenvalue weighted by molar-refractivity contribution is 5.89. The van der Waals surface area contributed by atoms with E-state index in [0.29, 0.717) is 12.0 Å². The lowest BCUT2D eigenvalue weighted by molar-refractivity contribution is 0.0218. The fourth-order valence-electron chi connectivity index (χ4n) is 4.94. The third-order valence-electron chi connectivity index (χ3n) is 6.47. The number of benzene rings is 2. The van der Waals surface area contributed by atoms with Crippen LogP contribution in [-0.2, 0) is 16.7 Å². The highest BCUT2D eigenvalue weighted by atomic mass is 19.1. The Kier molecular flexibility index (Phi) is 4.54. The van der Waals surface area contributed by atoms with Crippen LogP contribution in [0.5, 0.6) is 11.5 Å². The van der Waals surface area contributed by atoms with Crippen LogP contribution in [0.15, 0.2) is 48.6 Å². The van der Waals surface area contributed by atoms with Gasteiger partial charge in [-0.3, -0.25) is 0 Å². The van der Waals surface area contributed by atoms with Crippen molar-refractivity contribution in [3.05, 3.63) is 71.1 Å². The summed E-state index contributed by atoms with van der Waals surface area (Å²) >= 11 is 0. The van der Waals surface area contributed by atoms with Crippen molar-refractivity contribution in [2.75, 3.05) is 20.7 Å². The van der Waals surface area contributed by atoms with Crippen molar-refractivity contribution in [1.82, 2.24) is 4.90 Å². The largest absolute Gasteiger partial charge is 0.493 e. The van der Waals surface area contributed by atoms with Crippen molar-refractivity contribution in [3.8, 4) is 11.5 Å². The van der Waals surface area contributed by atoms with Gasteiger partial charge in [0.2, 0.25) is 0 Å². The maximum absolute atomic E-state index is 13.1. The summed E-state index contributed by atoms with van der Waals surface area (Å²) in [6, 6.07) is 9.48. The highest BCUT2D eigenvalue weighted by Crippen LogP contribution is 2.55. The minimum absolute atomic E-state index is 0.134. The Hall–Kier alpha value is -2.86. The van der Waals surface area contributed by atoms with E-state index < -0.39 is 12.1 Å². The van der Waals surface area contributed by atoms with E-state index in [1.165, 1.54) is 35.4 Å². The maximum atomic E-state index is 13.1. The molecule has 5 nitrogen and oxygen atoms in total. The van der Waals surface area contributed by atoms with Crippen LogP contribution in [0.25, 0.3) is 0 Å². The first kappa shape index (κ1) is 19.1. The van der Waals surface area contributed by atoms with Crippen LogP contribution < -0.4 is 9.47 Å². The van der Waals surface area contributed by atoms with E-state index in [1.807, 2.05) is 12.1 Å². The van der Waals surface area contributed by atoms with Crippen LogP contribution in [0.1, 0.15) is 34.3 Å². The second-order valence-electron chi connectivity index (χ2n) is 8.31. The van der Waals surface area contributed by atoms with Crippen molar-refractivity contribution in [2.24, 2.45) is 0 Å². The molecule has 0 saturated heterocycles. The van der Waals surface area contributed by atoms with Crippen LogP contribution >= 0.6 is 0 Å². The molecule has 30 heavy (non-hydrogen) atoms. The quantitative estimate of drug-likeness (QED) is 0.569. The van der Waals surface area contributed by atoms with Crippen molar-refractivity contribution >= 4 is 5.97 Å². The number of esters is 1. The molecule has 0 bridgehead atoms. The Balaban J connectivity index is 1.46. The number of hydrogen-bond acceptors (Lipinski definition) is 5. The maximum Gasteiger partial charge on any atom is 0.338 e. The summed E-state index contributed by atoms with van der Waals surface area (Å²) in [5.74, 6) is 0.701. The average Bonchev–Trinajstić information content (AvgIpc) is 3.00. The van der Waals surface area contributed by atoms with E-state index in [2.05, 4.69) is 24.1 Å². The van der Waals surface area contributed by atoms with Gasteiger partial charge in [-0.1, -0.05) is 12.1 Å². The van der Waals surface area contributed by atoms with Gasteiger partial charge in [-0.25, -0.2) is 9.18 Å². The van der Waals surface area contributed by atoms with Gasteiger partial charge in [-0.15, -0.1) is 0 Å².